The summed E-state index contributed by atoms with van der Waals surface area (Å²) in [5.41, 5.74) is 13.1. The van der Waals surface area contributed by atoms with Crippen LogP contribution in [0.25, 0.3) is 88.6 Å². The molecule has 4 heterocycles. The van der Waals surface area contributed by atoms with Gasteiger partial charge in [0.15, 0.2) is 0 Å². The third-order valence-electron chi connectivity index (χ3n) is 11.6. The van der Waals surface area contributed by atoms with Crippen molar-refractivity contribution >= 4 is 43.6 Å². The molecule has 0 radical (unpaired) electrons. The Bertz CT molecular complexity index is 3220. The summed E-state index contributed by atoms with van der Waals surface area (Å²) in [6.07, 6.45) is 7.93. The summed E-state index contributed by atoms with van der Waals surface area (Å²) in [5, 5.41) is 14.5. The van der Waals surface area contributed by atoms with Crippen LogP contribution in [-0.4, -0.2) is 28.7 Å². The van der Waals surface area contributed by atoms with E-state index in [0.717, 1.165) is 45.0 Å². The van der Waals surface area contributed by atoms with E-state index < -0.39 is 0 Å². The third kappa shape index (κ3) is 5.98. The van der Waals surface area contributed by atoms with Gasteiger partial charge in [-0.25, -0.2) is 9.36 Å². The summed E-state index contributed by atoms with van der Waals surface area (Å²) in [4.78, 5) is 0. The van der Waals surface area contributed by atoms with Crippen molar-refractivity contribution in [2.45, 2.75) is 0 Å². The van der Waals surface area contributed by atoms with Gasteiger partial charge in [0.2, 0.25) is 0 Å². The minimum Gasteiger partial charge on any atom is -0.457 e. The summed E-state index contributed by atoms with van der Waals surface area (Å²) >= 11 is 0. The quantitative estimate of drug-likeness (QED) is 0.154. The monoisotopic (exact) mass is 784 g/mol. The van der Waals surface area contributed by atoms with Crippen molar-refractivity contribution in [3.8, 4) is 56.5 Å². The Balaban J connectivity index is 0.760. The molecule has 0 saturated carbocycles. The van der Waals surface area contributed by atoms with Gasteiger partial charge in [-0.3, -0.25) is 0 Å². The fraction of sp³-hybridized carbons (Fsp3) is 0. The Morgan fingerprint density at radius 2 is 0.672 bits per heavy atom. The van der Waals surface area contributed by atoms with E-state index in [0.29, 0.717) is 11.5 Å². The second kappa shape index (κ2) is 14.1. The molecule has 8 aromatic carbocycles. The van der Waals surface area contributed by atoms with E-state index >= 15 is 0 Å². The van der Waals surface area contributed by atoms with Crippen LogP contribution in [-0.2, 0) is 0 Å². The van der Waals surface area contributed by atoms with E-state index in [2.05, 4.69) is 167 Å². The lowest BCUT2D eigenvalue weighted by molar-refractivity contribution is 0.481. The van der Waals surface area contributed by atoms with Crippen molar-refractivity contribution in [3.05, 3.63) is 219 Å². The molecule has 12 rings (SSSR count). The van der Waals surface area contributed by atoms with Gasteiger partial charge in [-0.15, -0.1) is 0 Å². The Hall–Kier alpha value is -8.42. The Kier molecular flexibility index (Phi) is 8.03. The van der Waals surface area contributed by atoms with E-state index in [9.17, 15) is 0 Å². The fourth-order valence-corrected chi connectivity index (χ4v) is 8.75. The number of aromatic nitrogens is 6. The largest absolute Gasteiger partial charge is 0.457 e. The summed E-state index contributed by atoms with van der Waals surface area (Å²) in [5.74, 6) is 1.43. The number of nitrogens with zero attached hydrogens (tertiary/aromatic N) is 6. The van der Waals surface area contributed by atoms with Gasteiger partial charge in [0.1, 0.15) is 11.5 Å². The minimum atomic E-state index is 0.715. The molecular weight excluding hydrogens is 749 g/mol. The predicted molar refractivity (Wildman–Crippen MR) is 247 cm³/mol. The molecule has 0 unspecified atom stereocenters. The van der Waals surface area contributed by atoms with Gasteiger partial charge < -0.3 is 13.9 Å². The van der Waals surface area contributed by atoms with Gasteiger partial charge in [-0.05, 0) is 83.9 Å². The maximum absolute atomic E-state index is 6.42. The van der Waals surface area contributed by atoms with Crippen LogP contribution < -0.4 is 4.74 Å². The average molecular weight is 785 g/mol. The zero-order valence-corrected chi connectivity index (χ0v) is 32.9. The van der Waals surface area contributed by atoms with Gasteiger partial charge in [0.25, 0.3) is 0 Å². The van der Waals surface area contributed by atoms with Crippen LogP contribution in [0.4, 0.5) is 0 Å². The highest BCUT2D eigenvalue weighted by Crippen LogP contribution is 2.35. The normalized spacial score (nSPS) is 11.6. The highest BCUT2D eigenvalue weighted by atomic mass is 16.5. The molecule has 0 fully saturated rings. The minimum absolute atomic E-state index is 0.715. The zero-order chi connectivity index (χ0) is 40.3. The molecule has 7 heteroatoms. The average Bonchev–Trinajstić information content (AvgIpc) is 4.14. The molecule has 0 saturated heterocycles. The van der Waals surface area contributed by atoms with Crippen LogP contribution >= 0.6 is 0 Å². The molecule has 0 aliphatic heterocycles. The number of benzene rings is 8. The summed E-state index contributed by atoms with van der Waals surface area (Å²) in [6, 6.07) is 67.7. The molecule has 4 aromatic heterocycles. The molecule has 0 aliphatic rings. The second-order valence-corrected chi connectivity index (χ2v) is 15.3. The van der Waals surface area contributed by atoms with Gasteiger partial charge >= 0.3 is 0 Å². The lowest BCUT2D eigenvalue weighted by atomic mass is 10.1. The molecule has 0 N–H and O–H groups in total. The first-order chi connectivity index (χ1) is 30.2. The summed E-state index contributed by atoms with van der Waals surface area (Å²) < 4.78 is 14.9. The van der Waals surface area contributed by atoms with Crippen molar-refractivity contribution < 1.29 is 4.74 Å². The molecular formula is C54H36N6O. The highest BCUT2D eigenvalue weighted by molar-refractivity contribution is 6.10. The standard InChI is InChI=1S/C54H36N6O/c1-5-19-51-47(15-1)48-16-2-6-20-52(48)59(51)41-27-23-37(24-28-41)39-33-55-57(35-39)43-11-9-13-45(31-43)61-46-14-10-12-44(32-46)58-36-40(34-56-58)38-25-29-42(30-26-38)60-53-21-7-3-17-49(53)50-18-4-8-22-54(50)60/h1-36H. The van der Waals surface area contributed by atoms with Crippen LogP contribution in [0.3, 0.4) is 0 Å². The molecule has 288 valence electrons. The molecule has 0 spiro atoms. The van der Waals surface area contributed by atoms with Crippen molar-refractivity contribution in [2.75, 3.05) is 0 Å². The number of rotatable bonds is 8. The Labute approximate surface area is 351 Å². The van der Waals surface area contributed by atoms with E-state index in [1.54, 1.807) is 0 Å². The number of ether oxygens (including phenoxy) is 1. The molecule has 7 nitrogen and oxygen atoms in total. The number of hydrogen-bond donors (Lipinski definition) is 0. The van der Waals surface area contributed by atoms with Crippen LogP contribution in [0.15, 0.2) is 219 Å². The van der Waals surface area contributed by atoms with Gasteiger partial charge in [-0.2, -0.15) is 10.2 Å². The predicted octanol–water partition coefficient (Wildman–Crippen LogP) is 13.4. The second-order valence-electron chi connectivity index (χ2n) is 15.3. The lowest BCUT2D eigenvalue weighted by Gasteiger charge is -2.10. The van der Waals surface area contributed by atoms with E-state index in [-0.39, 0.29) is 0 Å². The maximum atomic E-state index is 6.42. The van der Waals surface area contributed by atoms with E-state index in [4.69, 9.17) is 14.9 Å². The molecule has 61 heavy (non-hydrogen) atoms. The van der Waals surface area contributed by atoms with Crippen LogP contribution in [0, 0.1) is 0 Å². The van der Waals surface area contributed by atoms with E-state index in [1.807, 2.05) is 70.3 Å². The van der Waals surface area contributed by atoms with Crippen LogP contribution in [0.1, 0.15) is 0 Å². The first-order valence-corrected chi connectivity index (χ1v) is 20.4. The molecule has 0 atom stereocenters. The molecule has 0 bridgehead atoms. The first kappa shape index (κ1) is 34.6. The lowest BCUT2D eigenvalue weighted by Crippen LogP contribution is -1.96. The topological polar surface area (TPSA) is 54.7 Å². The van der Waals surface area contributed by atoms with Gasteiger partial charge in [0, 0.05) is 68.6 Å². The third-order valence-corrected chi connectivity index (χ3v) is 11.6. The number of fused-ring (bicyclic) bond motifs is 6. The molecule has 12 aromatic rings. The molecule has 0 amide bonds. The zero-order valence-electron chi connectivity index (χ0n) is 32.9. The number of hydrogen-bond acceptors (Lipinski definition) is 3. The SMILES string of the molecule is c1cc(Oc2cccc(-n3cc(-c4ccc(-n5c6ccccc6c6ccccc65)cc4)cn3)c2)cc(-n2cc(-c3ccc(-n4c5ccccc5c5ccccc54)cc3)cn2)c1. The summed E-state index contributed by atoms with van der Waals surface area (Å²) in [6.45, 7) is 0. The number of para-hydroxylation sites is 4. The fourth-order valence-electron chi connectivity index (χ4n) is 8.75. The first-order valence-electron chi connectivity index (χ1n) is 20.4. The highest BCUT2D eigenvalue weighted by Gasteiger charge is 2.14. The van der Waals surface area contributed by atoms with Crippen molar-refractivity contribution in [2.24, 2.45) is 0 Å². The summed E-state index contributed by atoms with van der Waals surface area (Å²) in [7, 11) is 0. The van der Waals surface area contributed by atoms with Crippen LogP contribution in [0.5, 0.6) is 11.5 Å². The van der Waals surface area contributed by atoms with Crippen LogP contribution in [0.2, 0.25) is 0 Å². The van der Waals surface area contributed by atoms with E-state index in [1.165, 1.54) is 43.6 Å². The Morgan fingerprint density at radius 1 is 0.311 bits per heavy atom. The van der Waals surface area contributed by atoms with Gasteiger partial charge in [-0.1, -0.05) is 109 Å². The molecule has 0 aliphatic carbocycles. The maximum Gasteiger partial charge on any atom is 0.129 e. The van der Waals surface area contributed by atoms with Crippen molar-refractivity contribution in [1.29, 1.82) is 0 Å². The smallest absolute Gasteiger partial charge is 0.129 e. The Morgan fingerprint density at radius 3 is 1.05 bits per heavy atom. The van der Waals surface area contributed by atoms with Crippen molar-refractivity contribution in [3.63, 3.8) is 0 Å². The van der Waals surface area contributed by atoms with Gasteiger partial charge in [0.05, 0.1) is 45.8 Å². The van der Waals surface area contributed by atoms with Crippen molar-refractivity contribution in [1.82, 2.24) is 28.7 Å².